The molecule has 0 amide bonds. The van der Waals surface area contributed by atoms with Crippen molar-refractivity contribution in [2.75, 3.05) is 6.54 Å². The van der Waals surface area contributed by atoms with E-state index in [-0.39, 0.29) is 5.78 Å². The lowest BCUT2D eigenvalue weighted by molar-refractivity contribution is -0.146. The van der Waals surface area contributed by atoms with Gasteiger partial charge in [-0.3, -0.25) is 19.7 Å². The predicted molar refractivity (Wildman–Crippen MR) is 109 cm³/mol. The highest BCUT2D eigenvalue weighted by molar-refractivity contribution is 5.91. The van der Waals surface area contributed by atoms with Crippen LogP contribution in [0, 0.1) is 11.8 Å². The minimum absolute atomic E-state index is 0.169. The molecular weight excluding hydrogens is 372 g/mol. The van der Waals surface area contributed by atoms with E-state index in [4.69, 9.17) is 5.73 Å². The van der Waals surface area contributed by atoms with Crippen molar-refractivity contribution in [3.63, 3.8) is 0 Å². The summed E-state index contributed by atoms with van der Waals surface area (Å²) >= 11 is 0. The summed E-state index contributed by atoms with van der Waals surface area (Å²) in [5.74, 6) is -3.34. The first-order valence-corrected chi connectivity index (χ1v) is 10.4. The number of hydrogen-bond donors (Lipinski definition) is 4. The van der Waals surface area contributed by atoms with E-state index in [1.807, 2.05) is 30.3 Å². The zero-order valence-corrected chi connectivity index (χ0v) is 16.8. The van der Waals surface area contributed by atoms with Crippen LogP contribution in [-0.2, 0) is 20.8 Å². The predicted octanol–water partition coefficient (Wildman–Crippen LogP) is 2.23. The minimum Gasteiger partial charge on any atom is -0.481 e. The van der Waals surface area contributed by atoms with E-state index in [2.05, 4.69) is 5.32 Å². The first-order chi connectivity index (χ1) is 13.9. The fourth-order valence-corrected chi connectivity index (χ4v) is 4.13. The first kappa shape index (κ1) is 23.0. The quantitative estimate of drug-likeness (QED) is 0.371. The molecule has 1 aromatic rings. The van der Waals surface area contributed by atoms with E-state index in [0.717, 1.165) is 12.0 Å². The maximum atomic E-state index is 13.1. The maximum absolute atomic E-state index is 13.1. The normalized spacial score (nSPS) is 20.9. The molecule has 5 N–H and O–H groups in total. The highest BCUT2D eigenvalue weighted by Gasteiger charge is 2.40. The van der Waals surface area contributed by atoms with Gasteiger partial charge in [0.15, 0.2) is 5.78 Å². The van der Waals surface area contributed by atoms with Gasteiger partial charge in [0.05, 0.1) is 12.0 Å². The van der Waals surface area contributed by atoms with Gasteiger partial charge in [-0.25, -0.2) is 0 Å². The molecule has 7 heteroatoms. The van der Waals surface area contributed by atoms with E-state index >= 15 is 0 Å². The number of carboxylic acid groups (broad SMARTS) is 2. The summed E-state index contributed by atoms with van der Waals surface area (Å²) in [6.45, 7) is 0.498. The van der Waals surface area contributed by atoms with Crippen LogP contribution in [0.3, 0.4) is 0 Å². The van der Waals surface area contributed by atoms with Crippen LogP contribution >= 0.6 is 0 Å². The number of nitrogens with two attached hydrogens (primary N) is 1. The number of carboxylic acids is 2. The fourth-order valence-electron chi connectivity index (χ4n) is 4.13. The molecule has 1 aliphatic carbocycles. The molecule has 1 fully saturated rings. The Hall–Kier alpha value is -2.25. The van der Waals surface area contributed by atoms with Crippen molar-refractivity contribution in [3.8, 4) is 0 Å². The largest absolute Gasteiger partial charge is 0.481 e. The van der Waals surface area contributed by atoms with Crippen molar-refractivity contribution >= 4 is 17.7 Å². The molecule has 0 aliphatic heterocycles. The molecule has 0 spiro atoms. The SMILES string of the molecule is NCCCC[C@H](N[C@@H](CCc1ccccc1)C(=O)O)C(=O)[C@H]1CCC[C@H]1C(=O)O. The summed E-state index contributed by atoms with van der Waals surface area (Å²) in [7, 11) is 0. The summed E-state index contributed by atoms with van der Waals surface area (Å²) < 4.78 is 0. The highest BCUT2D eigenvalue weighted by atomic mass is 16.4. The second-order valence-corrected chi connectivity index (χ2v) is 7.80. The van der Waals surface area contributed by atoms with E-state index in [0.29, 0.717) is 51.5 Å². The van der Waals surface area contributed by atoms with Crippen LogP contribution in [0.15, 0.2) is 30.3 Å². The summed E-state index contributed by atoms with van der Waals surface area (Å²) in [6, 6.07) is 8.07. The van der Waals surface area contributed by atoms with Crippen molar-refractivity contribution in [3.05, 3.63) is 35.9 Å². The fraction of sp³-hybridized carbons (Fsp3) is 0.591. The third-order valence-electron chi connectivity index (χ3n) is 5.75. The topological polar surface area (TPSA) is 130 Å². The van der Waals surface area contributed by atoms with Gasteiger partial charge in [-0.05, 0) is 50.6 Å². The molecule has 2 rings (SSSR count). The Morgan fingerprint density at radius 1 is 1.00 bits per heavy atom. The first-order valence-electron chi connectivity index (χ1n) is 10.4. The van der Waals surface area contributed by atoms with Gasteiger partial charge < -0.3 is 15.9 Å². The second-order valence-electron chi connectivity index (χ2n) is 7.80. The number of ketones is 1. The van der Waals surface area contributed by atoms with Crippen molar-refractivity contribution in [1.29, 1.82) is 0 Å². The van der Waals surface area contributed by atoms with E-state index in [9.17, 15) is 24.6 Å². The molecule has 0 saturated heterocycles. The molecule has 0 aromatic heterocycles. The molecule has 4 atom stereocenters. The molecule has 1 aliphatic rings. The van der Waals surface area contributed by atoms with Crippen LogP contribution in [0.5, 0.6) is 0 Å². The molecule has 7 nitrogen and oxygen atoms in total. The number of aliphatic carboxylic acids is 2. The average Bonchev–Trinajstić information content (AvgIpc) is 3.20. The molecule has 160 valence electrons. The number of nitrogens with one attached hydrogen (secondary N) is 1. The second kappa shape index (κ2) is 11.7. The molecule has 29 heavy (non-hydrogen) atoms. The Morgan fingerprint density at radius 2 is 1.69 bits per heavy atom. The zero-order valence-electron chi connectivity index (χ0n) is 16.8. The van der Waals surface area contributed by atoms with Gasteiger partial charge in [0, 0.05) is 5.92 Å². The summed E-state index contributed by atoms with van der Waals surface area (Å²) in [6.07, 6.45) is 4.58. The summed E-state index contributed by atoms with van der Waals surface area (Å²) in [5.41, 5.74) is 6.59. The van der Waals surface area contributed by atoms with Crippen LogP contribution in [-0.4, -0.2) is 46.6 Å². The Labute approximate surface area is 171 Å². The Balaban J connectivity index is 2.08. The highest BCUT2D eigenvalue weighted by Crippen LogP contribution is 2.34. The minimum atomic E-state index is -1.00. The standard InChI is InChI=1S/C22H32N2O5/c23-14-5-4-11-18(20(25)16-9-6-10-17(16)21(26)27)24-19(22(28)29)13-12-15-7-2-1-3-8-15/h1-3,7-8,16-19,24H,4-6,9-14,23H2,(H,26,27)(H,28,29)/t16-,17+,18-,19-/m0/s1. The molecule has 1 aromatic carbocycles. The van der Waals surface area contributed by atoms with Gasteiger partial charge in [0.25, 0.3) is 0 Å². The van der Waals surface area contributed by atoms with Gasteiger partial charge in [-0.2, -0.15) is 0 Å². The van der Waals surface area contributed by atoms with E-state index in [1.54, 1.807) is 0 Å². The molecular formula is C22H32N2O5. The third-order valence-corrected chi connectivity index (χ3v) is 5.75. The Bertz CT molecular complexity index is 679. The van der Waals surface area contributed by atoms with Gasteiger partial charge in [-0.15, -0.1) is 0 Å². The monoisotopic (exact) mass is 404 g/mol. The van der Waals surface area contributed by atoms with Crippen LogP contribution in [0.1, 0.15) is 50.5 Å². The lowest BCUT2D eigenvalue weighted by Gasteiger charge is -2.26. The third kappa shape index (κ3) is 6.94. The average molecular weight is 405 g/mol. The maximum Gasteiger partial charge on any atom is 0.320 e. The van der Waals surface area contributed by atoms with Crippen molar-refractivity contribution < 1.29 is 24.6 Å². The van der Waals surface area contributed by atoms with Crippen molar-refractivity contribution in [1.82, 2.24) is 5.32 Å². The number of benzene rings is 1. The zero-order chi connectivity index (χ0) is 21.2. The molecule has 0 unspecified atom stereocenters. The van der Waals surface area contributed by atoms with Gasteiger partial charge >= 0.3 is 11.9 Å². The summed E-state index contributed by atoms with van der Waals surface area (Å²) in [5, 5.41) is 22.1. The number of hydrogen-bond acceptors (Lipinski definition) is 5. The number of Topliss-reactive ketones (excluding diaryl/α,β-unsaturated/α-hetero) is 1. The Morgan fingerprint density at radius 3 is 2.31 bits per heavy atom. The smallest absolute Gasteiger partial charge is 0.320 e. The van der Waals surface area contributed by atoms with E-state index < -0.39 is 35.9 Å². The molecule has 0 radical (unpaired) electrons. The Kier molecular flexibility index (Phi) is 9.28. The van der Waals surface area contributed by atoms with Crippen LogP contribution in [0.4, 0.5) is 0 Å². The van der Waals surface area contributed by atoms with Crippen molar-refractivity contribution in [2.24, 2.45) is 17.6 Å². The molecule has 1 saturated carbocycles. The summed E-state index contributed by atoms with van der Waals surface area (Å²) in [4.78, 5) is 36.5. The number of aryl methyl sites for hydroxylation is 1. The number of unbranched alkanes of at least 4 members (excludes halogenated alkanes) is 1. The van der Waals surface area contributed by atoms with E-state index in [1.165, 1.54) is 0 Å². The number of rotatable bonds is 13. The number of carbonyl (C=O) groups is 3. The van der Waals surface area contributed by atoms with Gasteiger partial charge in [0.1, 0.15) is 6.04 Å². The van der Waals surface area contributed by atoms with Crippen LogP contribution in [0.25, 0.3) is 0 Å². The van der Waals surface area contributed by atoms with Crippen LogP contribution < -0.4 is 11.1 Å². The van der Waals surface area contributed by atoms with Gasteiger partial charge in [-0.1, -0.05) is 43.2 Å². The lowest BCUT2D eigenvalue weighted by Crippen LogP contribution is -2.50. The van der Waals surface area contributed by atoms with Crippen LogP contribution in [0.2, 0.25) is 0 Å². The molecule has 0 heterocycles. The van der Waals surface area contributed by atoms with Crippen molar-refractivity contribution in [2.45, 2.75) is 63.5 Å². The molecule has 0 bridgehead atoms. The van der Waals surface area contributed by atoms with Gasteiger partial charge in [0.2, 0.25) is 0 Å². The lowest BCUT2D eigenvalue weighted by atomic mass is 9.86. The number of carbonyl (C=O) groups excluding carboxylic acids is 1.